The maximum Gasteiger partial charge on any atom is 0.254 e. The zero-order chi connectivity index (χ0) is 24.3. The largest absolute Gasteiger partial charge is 0.464 e. The van der Waals surface area contributed by atoms with Gasteiger partial charge in [-0.2, -0.15) is 0 Å². The molecule has 0 saturated heterocycles. The monoisotopic (exact) mass is 462 g/mol. The van der Waals surface area contributed by atoms with Gasteiger partial charge in [-0.15, -0.1) is 0 Å². The molecule has 0 aliphatic carbocycles. The van der Waals surface area contributed by atoms with Crippen LogP contribution in [0, 0.1) is 13.8 Å². The smallest absolute Gasteiger partial charge is 0.254 e. The van der Waals surface area contributed by atoms with Crippen molar-refractivity contribution < 1.29 is 18.7 Å². The van der Waals surface area contributed by atoms with Crippen LogP contribution in [-0.2, 0) is 22.6 Å². The third-order valence-electron chi connectivity index (χ3n) is 5.62. The zero-order valence-electron chi connectivity index (χ0n) is 20.3. The van der Waals surface area contributed by atoms with Crippen molar-refractivity contribution in [3.8, 4) is 0 Å². The van der Waals surface area contributed by atoms with Crippen LogP contribution in [0.3, 0.4) is 0 Å². The minimum atomic E-state index is -0.142. The first kappa shape index (κ1) is 25.2. The van der Waals surface area contributed by atoms with Crippen LogP contribution in [0.2, 0.25) is 0 Å². The average Bonchev–Trinajstić information content (AvgIpc) is 3.25. The molecule has 0 atom stereocenters. The molecule has 2 aromatic carbocycles. The van der Waals surface area contributed by atoms with Crippen LogP contribution >= 0.6 is 0 Å². The van der Waals surface area contributed by atoms with Crippen molar-refractivity contribution in [3.63, 3.8) is 0 Å². The summed E-state index contributed by atoms with van der Waals surface area (Å²) in [6.45, 7) is 8.11. The molecule has 0 radical (unpaired) electrons. The molecule has 2 amide bonds. The highest BCUT2D eigenvalue weighted by Gasteiger charge is 2.24. The highest BCUT2D eigenvalue weighted by Crippen LogP contribution is 2.16. The lowest BCUT2D eigenvalue weighted by molar-refractivity contribution is -0.133. The van der Waals surface area contributed by atoms with Crippen molar-refractivity contribution in [2.45, 2.75) is 40.3 Å². The molecule has 0 bridgehead atoms. The second-order valence-corrected chi connectivity index (χ2v) is 8.34. The standard InChI is InChI=1S/C28H34N2O4/c1-4-33-18-10-17-29(28(32)26-14-9-8-11-22(26)2)21-27(31)30(19-24-12-6-5-7-13-24)20-25-16-15-23(3)34-25/h5-9,11-16H,4,10,17-21H2,1-3H3. The quantitative estimate of drug-likeness (QED) is 0.356. The van der Waals surface area contributed by atoms with Gasteiger partial charge in [0.15, 0.2) is 0 Å². The highest BCUT2D eigenvalue weighted by atomic mass is 16.5. The molecule has 0 spiro atoms. The minimum Gasteiger partial charge on any atom is -0.464 e. The fourth-order valence-corrected chi connectivity index (χ4v) is 3.79. The predicted molar refractivity (Wildman–Crippen MR) is 132 cm³/mol. The minimum absolute atomic E-state index is 0.00812. The SMILES string of the molecule is CCOCCCN(CC(=O)N(Cc1ccccc1)Cc1ccc(C)o1)C(=O)c1ccccc1C. The third-order valence-corrected chi connectivity index (χ3v) is 5.62. The number of carbonyl (C=O) groups excluding carboxylic acids is 2. The van der Waals surface area contributed by atoms with E-state index in [4.69, 9.17) is 9.15 Å². The van der Waals surface area contributed by atoms with E-state index in [9.17, 15) is 9.59 Å². The topological polar surface area (TPSA) is 63.0 Å². The second-order valence-electron chi connectivity index (χ2n) is 8.34. The van der Waals surface area contributed by atoms with Crippen LogP contribution in [0.4, 0.5) is 0 Å². The summed E-state index contributed by atoms with van der Waals surface area (Å²) in [5.41, 5.74) is 2.53. The molecule has 0 fully saturated rings. The summed E-state index contributed by atoms with van der Waals surface area (Å²) < 4.78 is 11.2. The van der Waals surface area contributed by atoms with E-state index < -0.39 is 0 Å². The number of hydrogen-bond donors (Lipinski definition) is 0. The van der Waals surface area contributed by atoms with E-state index in [2.05, 4.69) is 0 Å². The lowest BCUT2D eigenvalue weighted by Crippen LogP contribution is -2.43. The van der Waals surface area contributed by atoms with Crippen LogP contribution in [0.25, 0.3) is 0 Å². The Balaban J connectivity index is 1.80. The van der Waals surface area contributed by atoms with Crippen LogP contribution in [0.5, 0.6) is 0 Å². The Morgan fingerprint density at radius 3 is 2.29 bits per heavy atom. The summed E-state index contributed by atoms with van der Waals surface area (Å²) in [6, 6.07) is 21.1. The van der Waals surface area contributed by atoms with Gasteiger partial charge in [0.2, 0.25) is 5.91 Å². The van der Waals surface area contributed by atoms with Gasteiger partial charge in [-0.3, -0.25) is 9.59 Å². The van der Waals surface area contributed by atoms with E-state index >= 15 is 0 Å². The van der Waals surface area contributed by atoms with E-state index in [1.54, 1.807) is 9.80 Å². The van der Waals surface area contributed by atoms with Gasteiger partial charge in [-0.05, 0) is 56.5 Å². The Morgan fingerprint density at radius 1 is 0.882 bits per heavy atom. The van der Waals surface area contributed by atoms with Crippen LogP contribution in [-0.4, -0.2) is 47.9 Å². The van der Waals surface area contributed by atoms with Gasteiger partial charge in [-0.1, -0.05) is 48.5 Å². The van der Waals surface area contributed by atoms with E-state index in [-0.39, 0.29) is 18.4 Å². The second kappa shape index (κ2) is 12.8. The van der Waals surface area contributed by atoms with E-state index in [0.29, 0.717) is 44.8 Å². The first-order chi connectivity index (χ1) is 16.5. The number of rotatable bonds is 12. The summed E-state index contributed by atoms with van der Waals surface area (Å²) in [6.07, 6.45) is 0.662. The van der Waals surface area contributed by atoms with E-state index in [0.717, 1.165) is 22.6 Å². The number of carbonyl (C=O) groups is 2. The highest BCUT2D eigenvalue weighted by molar-refractivity contribution is 5.97. The van der Waals surface area contributed by atoms with Crippen molar-refractivity contribution in [1.29, 1.82) is 0 Å². The van der Waals surface area contributed by atoms with Crippen molar-refractivity contribution >= 4 is 11.8 Å². The van der Waals surface area contributed by atoms with Gasteiger partial charge in [-0.25, -0.2) is 0 Å². The van der Waals surface area contributed by atoms with Gasteiger partial charge in [0, 0.05) is 31.9 Å². The molecule has 0 N–H and O–H groups in total. The molecule has 3 aromatic rings. The molecule has 0 aliphatic rings. The van der Waals surface area contributed by atoms with Crippen LogP contribution in [0.1, 0.15) is 46.3 Å². The predicted octanol–water partition coefficient (Wildman–Crippen LogP) is 4.99. The summed E-state index contributed by atoms with van der Waals surface area (Å²) in [4.78, 5) is 30.3. The average molecular weight is 463 g/mol. The molecule has 180 valence electrons. The normalized spacial score (nSPS) is 10.8. The first-order valence-electron chi connectivity index (χ1n) is 11.8. The fourth-order valence-electron chi connectivity index (χ4n) is 3.79. The molecule has 0 unspecified atom stereocenters. The van der Waals surface area contributed by atoms with Crippen molar-refractivity contribution in [2.24, 2.45) is 0 Å². The van der Waals surface area contributed by atoms with Crippen molar-refractivity contribution in [1.82, 2.24) is 9.80 Å². The Bertz CT molecular complexity index is 1060. The van der Waals surface area contributed by atoms with E-state index in [1.807, 2.05) is 87.5 Å². The Hall–Kier alpha value is -3.38. The molecule has 0 aliphatic heterocycles. The maximum absolute atomic E-state index is 13.5. The molecular formula is C28H34N2O4. The zero-order valence-corrected chi connectivity index (χ0v) is 20.3. The molecule has 0 saturated carbocycles. The molecule has 3 rings (SSSR count). The first-order valence-corrected chi connectivity index (χ1v) is 11.8. The fraction of sp³-hybridized carbons (Fsp3) is 0.357. The van der Waals surface area contributed by atoms with Gasteiger partial charge in [0.25, 0.3) is 5.91 Å². The molecule has 6 heteroatoms. The van der Waals surface area contributed by atoms with E-state index in [1.165, 1.54) is 0 Å². The van der Waals surface area contributed by atoms with Gasteiger partial charge >= 0.3 is 0 Å². The lowest BCUT2D eigenvalue weighted by Gasteiger charge is -2.28. The Labute approximate surface area is 202 Å². The summed E-state index contributed by atoms with van der Waals surface area (Å²) in [7, 11) is 0. The van der Waals surface area contributed by atoms with Gasteiger partial charge < -0.3 is 19.0 Å². The number of benzene rings is 2. The number of hydrogen-bond acceptors (Lipinski definition) is 4. The number of furan rings is 1. The molecule has 6 nitrogen and oxygen atoms in total. The maximum atomic E-state index is 13.5. The number of ether oxygens (including phenoxy) is 1. The molecule has 1 aromatic heterocycles. The number of aryl methyl sites for hydroxylation is 2. The number of nitrogens with zero attached hydrogens (tertiary/aromatic N) is 2. The Kier molecular flexibility index (Phi) is 9.47. The summed E-state index contributed by atoms with van der Waals surface area (Å²) in [5.74, 6) is 1.25. The molecule has 1 heterocycles. The molecule has 34 heavy (non-hydrogen) atoms. The van der Waals surface area contributed by atoms with Crippen molar-refractivity contribution in [2.75, 3.05) is 26.3 Å². The van der Waals surface area contributed by atoms with Gasteiger partial charge in [0.05, 0.1) is 6.54 Å². The summed E-state index contributed by atoms with van der Waals surface area (Å²) >= 11 is 0. The third kappa shape index (κ3) is 7.32. The summed E-state index contributed by atoms with van der Waals surface area (Å²) in [5, 5.41) is 0. The lowest BCUT2D eigenvalue weighted by atomic mass is 10.1. The van der Waals surface area contributed by atoms with Gasteiger partial charge in [0.1, 0.15) is 18.1 Å². The Morgan fingerprint density at radius 2 is 1.62 bits per heavy atom. The number of amides is 2. The van der Waals surface area contributed by atoms with Crippen molar-refractivity contribution in [3.05, 3.63) is 94.9 Å². The molecular weight excluding hydrogens is 428 g/mol. The van der Waals surface area contributed by atoms with Crippen LogP contribution < -0.4 is 0 Å². The van der Waals surface area contributed by atoms with Crippen LogP contribution in [0.15, 0.2) is 71.1 Å².